The van der Waals surface area contributed by atoms with Crippen molar-refractivity contribution in [2.75, 3.05) is 13.1 Å². The summed E-state index contributed by atoms with van der Waals surface area (Å²) < 4.78 is 0. The highest BCUT2D eigenvalue weighted by molar-refractivity contribution is 5.87. The second kappa shape index (κ2) is 7.72. The fourth-order valence-corrected chi connectivity index (χ4v) is 4.76. The van der Waals surface area contributed by atoms with Gasteiger partial charge in [-0.3, -0.25) is 9.69 Å². The van der Waals surface area contributed by atoms with E-state index in [9.17, 15) is 14.7 Å². The maximum absolute atomic E-state index is 13.0. The van der Waals surface area contributed by atoms with Crippen LogP contribution in [0.5, 0.6) is 0 Å². The summed E-state index contributed by atoms with van der Waals surface area (Å²) in [6.45, 7) is 2.12. The number of nitrogens with zero attached hydrogens (tertiary/aromatic N) is 1. The Balaban J connectivity index is 1.48. The Morgan fingerprint density at radius 2 is 2.00 bits per heavy atom. The molecule has 0 bridgehead atoms. The Kier molecular flexibility index (Phi) is 5.16. The third-order valence-electron chi connectivity index (χ3n) is 6.14. The van der Waals surface area contributed by atoms with Gasteiger partial charge in [-0.05, 0) is 50.4 Å². The lowest BCUT2D eigenvalue weighted by atomic mass is 9.83. The zero-order valence-corrected chi connectivity index (χ0v) is 15.5. The topological polar surface area (TPSA) is 85.4 Å². The zero-order chi connectivity index (χ0) is 18.8. The van der Waals surface area contributed by atoms with E-state index in [2.05, 4.69) is 15.2 Å². The maximum atomic E-state index is 13.0. The smallest absolute Gasteiger partial charge is 0.326 e. The number of aromatic amines is 1. The first-order valence-corrected chi connectivity index (χ1v) is 9.95. The van der Waals surface area contributed by atoms with Crippen LogP contribution in [-0.2, 0) is 16.0 Å². The molecule has 0 aliphatic carbocycles. The number of piperidine rings is 2. The number of benzene rings is 1. The van der Waals surface area contributed by atoms with Gasteiger partial charge in [-0.2, -0.15) is 0 Å². The normalized spacial score (nSPS) is 24.3. The molecule has 2 aromatic rings. The van der Waals surface area contributed by atoms with Gasteiger partial charge >= 0.3 is 5.97 Å². The van der Waals surface area contributed by atoms with Crippen LogP contribution in [0.2, 0.25) is 0 Å². The minimum Gasteiger partial charge on any atom is -0.480 e. The summed E-state index contributed by atoms with van der Waals surface area (Å²) in [6.07, 6.45) is 7.38. The molecule has 0 radical (unpaired) electrons. The van der Waals surface area contributed by atoms with Crippen molar-refractivity contribution in [3.8, 4) is 0 Å². The highest BCUT2D eigenvalue weighted by Gasteiger charge is 2.38. The number of hydrogen-bond acceptors (Lipinski definition) is 3. The van der Waals surface area contributed by atoms with Crippen LogP contribution >= 0.6 is 0 Å². The molecule has 4 rings (SSSR count). The van der Waals surface area contributed by atoms with Crippen LogP contribution in [0.25, 0.3) is 10.9 Å². The standard InChI is InChI=1S/C21H27N3O3/c25-20(16-7-5-11-24-10-4-3-9-19(16)24)23-18(21(26)27)12-14-13-22-17-8-2-1-6-15(14)17/h1-2,6,8,13,16,18-19,22H,3-5,7,9-12H2,(H,23,25)(H,26,27)/t16-,18+,19-/m1/s1. The van der Waals surface area contributed by atoms with Gasteiger partial charge < -0.3 is 15.4 Å². The van der Waals surface area contributed by atoms with E-state index in [4.69, 9.17) is 0 Å². The Hall–Kier alpha value is -2.34. The van der Waals surface area contributed by atoms with Crippen molar-refractivity contribution in [1.82, 2.24) is 15.2 Å². The highest BCUT2D eigenvalue weighted by atomic mass is 16.4. The molecule has 2 aliphatic rings. The van der Waals surface area contributed by atoms with Gasteiger partial charge in [-0.1, -0.05) is 24.6 Å². The van der Waals surface area contributed by atoms with Crippen LogP contribution in [0.3, 0.4) is 0 Å². The molecule has 3 N–H and O–H groups in total. The van der Waals surface area contributed by atoms with Crippen molar-refractivity contribution in [1.29, 1.82) is 0 Å². The van der Waals surface area contributed by atoms with Crippen LogP contribution in [0, 0.1) is 5.92 Å². The second-order valence-corrected chi connectivity index (χ2v) is 7.81. The van der Waals surface area contributed by atoms with Gasteiger partial charge in [0.25, 0.3) is 0 Å². The molecule has 27 heavy (non-hydrogen) atoms. The molecule has 0 unspecified atom stereocenters. The third kappa shape index (κ3) is 3.72. The summed E-state index contributed by atoms with van der Waals surface area (Å²) in [5, 5.41) is 13.5. The van der Waals surface area contributed by atoms with Crippen molar-refractivity contribution in [3.05, 3.63) is 36.0 Å². The molecule has 0 spiro atoms. The predicted molar refractivity (Wildman–Crippen MR) is 104 cm³/mol. The molecule has 0 saturated carbocycles. The van der Waals surface area contributed by atoms with E-state index < -0.39 is 12.0 Å². The minimum absolute atomic E-state index is 0.0936. The number of H-pyrrole nitrogens is 1. The number of carboxylic acid groups (broad SMARTS) is 1. The van der Waals surface area contributed by atoms with Crippen molar-refractivity contribution < 1.29 is 14.7 Å². The van der Waals surface area contributed by atoms with Gasteiger partial charge in [0.05, 0.1) is 5.92 Å². The van der Waals surface area contributed by atoms with Crippen LogP contribution in [-0.4, -0.2) is 52.0 Å². The van der Waals surface area contributed by atoms with Crippen LogP contribution in [0.1, 0.15) is 37.7 Å². The molecule has 6 heteroatoms. The predicted octanol–water partition coefficient (Wildman–Crippen LogP) is 2.54. The molecule has 3 atom stereocenters. The van der Waals surface area contributed by atoms with Crippen LogP contribution in [0.4, 0.5) is 0 Å². The highest BCUT2D eigenvalue weighted by Crippen LogP contribution is 2.31. The molecular weight excluding hydrogens is 342 g/mol. The van der Waals surface area contributed by atoms with E-state index in [0.717, 1.165) is 55.2 Å². The fourth-order valence-electron chi connectivity index (χ4n) is 4.76. The van der Waals surface area contributed by atoms with Gasteiger partial charge in [0.15, 0.2) is 0 Å². The zero-order valence-electron chi connectivity index (χ0n) is 15.5. The number of carboxylic acids is 1. The Morgan fingerprint density at radius 1 is 1.19 bits per heavy atom. The van der Waals surface area contributed by atoms with E-state index in [-0.39, 0.29) is 24.3 Å². The molecule has 1 aromatic heterocycles. The van der Waals surface area contributed by atoms with E-state index in [1.54, 1.807) is 0 Å². The van der Waals surface area contributed by atoms with E-state index in [1.165, 1.54) is 6.42 Å². The first-order valence-electron chi connectivity index (χ1n) is 9.95. The molecule has 144 valence electrons. The van der Waals surface area contributed by atoms with Crippen molar-refractivity contribution in [3.63, 3.8) is 0 Å². The van der Waals surface area contributed by atoms with E-state index in [1.807, 2.05) is 30.5 Å². The average Bonchev–Trinajstić information content (AvgIpc) is 3.10. The van der Waals surface area contributed by atoms with Gasteiger partial charge in [-0.25, -0.2) is 4.79 Å². The van der Waals surface area contributed by atoms with Gasteiger partial charge in [0, 0.05) is 29.6 Å². The van der Waals surface area contributed by atoms with Gasteiger partial charge in [0.1, 0.15) is 6.04 Å². The van der Waals surface area contributed by atoms with E-state index >= 15 is 0 Å². The number of rotatable bonds is 5. The number of nitrogens with one attached hydrogen (secondary N) is 2. The third-order valence-corrected chi connectivity index (χ3v) is 6.14. The molecular formula is C21H27N3O3. The molecule has 2 saturated heterocycles. The number of aromatic nitrogens is 1. The first kappa shape index (κ1) is 18.0. The molecule has 1 amide bonds. The lowest BCUT2D eigenvalue weighted by Gasteiger charge is -2.43. The van der Waals surface area contributed by atoms with Crippen molar-refractivity contribution in [2.24, 2.45) is 5.92 Å². The molecule has 1 aromatic carbocycles. The lowest BCUT2D eigenvalue weighted by molar-refractivity contribution is -0.143. The number of carbonyl (C=O) groups is 2. The summed E-state index contributed by atoms with van der Waals surface area (Å²) in [5.74, 6) is -1.17. The van der Waals surface area contributed by atoms with E-state index in [0.29, 0.717) is 0 Å². The minimum atomic E-state index is -0.982. The van der Waals surface area contributed by atoms with Crippen LogP contribution in [0.15, 0.2) is 30.5 Å². The molecule has 3 heterocycles. The Labute approximate surface area is 158 Å². The quantitative estimate of drug-likeness (QED) is 0.756. The largest absolute Gasteiger partial charge is 0.480 e. The van der Waals surface area contributed by atoms with Crippen molar-refractivity contribution in [2.45, 2.75) is 50.6 Å². The summed E-state index contributed by atoms with van der Waals surface area (Å²) in [4.78, 5) is 30.4. The monoisotopic (exact) mass is 369 g/mol. The van der Waals surface area contributed by atoms with Crippen LogP contribution < -0.4 is 5.32 Å². The van der Waals surface area contributed by atoms with Gasteiger partial charge in [-0.15, -0.1) is 0 Å². The maximum Gasteiger partial charge on any atom is 0.326 e. The number of carbonyl (C=O) groups excluding carboxylic acids is 1. The lowest BCUT2D eigenvalue weighted by Crippen LogP contribution is -2.55. The van der Waals surface area contributed by atoms with Gasteiger partial charge in [0.2, 0.25) is 5.91 Å². The number of hydrogen-bond donors (Lipinski definition) is 3. The number of amides is 1. The number of para-hydroxylation sites is 1. The number of fused-ring (bicyclic) bond motifs is 2. The first-order chi connectivity index (χ1) is 13.1. The summed E-state index contributed by atoms with van der Waals surface area (Å²) in [5.41, 5.74) is 1.90. The summed E-state index contributed by atoms with van der Waals surface area (Å²) in [6, 6.07) is 7.19. The second-order valence-electron chi connectivity index (χ2n) is 7.81. The molecule has 6 nitrogen and oxygen atoms in total. The fraction of sp³-hybridized carbons (Fsp3) is 0.524. The average molecular weight is 369 g/mol. The Bertz CT molecular complexity index is 829. The number of aliphatic carboxylic acids is 1. The molecule has 2 aliphatic heterocycles. The molecule has 2 fully saturated rings. The summed E-state index contributed by atoms with van der Waals surface area (Å²) >= 11 is 0. The Morgan fingerprint density at radius 3 is 2.85 bits per heavy atom. The van der Waals surface area contributed by atoms with Crippen molar-refractivity contribution >= 4 is 22.8 Å². The SMILES string of the molecule is O=C(O)[C@H](Cc1c[nH]c2ccccc12)NC(=O)[C@@H]1CCCN2CCCC[C@H]12. The summed E-state index contributed by atoms with van der Waals surface area (Å²) in [7, 11) is 0.